The van der Waals surface area contributed by atoms with Crippen LogP contribution in [0.4, 0.5) is 0 Å². The van der Waals surface area contributed by atoms with Crippen molar-refractivity contribution in [3.63, 3.8) is 0 Å². The molecule has 0 aromatic carbocycles. The molecule has 2 unspecified atom stereocenters. The van der Waals surface area contributed by atoms with Gasteiger partial charge < -0.3 is 9.11 Å². The largest absolute Gasteiger partial charge is 2.00 e. The van der Waals surface area contributed by atoms with Gasteiger partial charge in [-0.1, -0.05) is 283 Å². The second kappa shape index (κ2) is 55.4. The summed E-state index contributed by atoms with van der Waals surface area (Å²) in [6.07, 6.45) is 61.9. The summed E-state index contributed by atoms with van der Waals surface area (Å²) in [6, 6.07) is 0. The Bertz CT molecular complexity index is 1100. The van der Waals surface area contributed by atoms with E-state index in [2.05, 4.69) is 60.4 Å². The zero-order valence-corrected chi connectivity index (χ0v) is 47.2. The van der Waals surface area contributed by atoms with Gasteiger partial charge in [0.15, 0.2) is 0 Å². The summed E-state index contributed by atoms with van der Waals surface area (Å²) in [5, 5.41) is 0. The van der Waals surface area contributed by atoms with Crippen LogP contribution in [0.1, 0.15) is 297 Å². The van der Waals surface area contributed by atoms with E-state index in [4.69, 9.17) is 0 Å². The molecule has 0 saturated heterocycles. The summed E-state index contributed by atoms with van der Waals surface area (Å²) in [5.41, 5.74) is 0. The third kappa shape index (κ3) is 64.5. The molecule has 0 aliphatic rings. The van der Waals surface area contributed by atoms with Crippen molar-refractivity contribution in [1.29, 1.82) is 0 Å². The van der Waals surface area contributed by atoms with E-state index in [0.29, 0.717) is 0 Å². The molecule has 0 radical (unpaired) electrons. The molecule has 0 N–H and O–H groups in total. The summed E-state index contributed by atoms with van der Waals surface area (Å²) >= 11 is 0. The standard InChI is InChI=1S/2C27H54O4S.Ca/c2*1-3-5-7-9-11-12-13-14-15-16-17-18-19-21-23-25-27(26-31-32(28,29)30)24-22-20-10-8-6-4-2;/h2*23,25,27H,3-22,24,26H2,1-2H3,(H,28,29,30);/q;;+2/p-2/b2*25-23+;. The first kappa shape index (κ1) is 69.7. The van der Waals surface area contributed by atoms with E-state index >= 15 is 0 Å². The first-order valence-electron chi connectivity index (χ1n) is 27.5. The van der Waals surface area contributed by atoms with E-state index in [1.165, 1.54) is 218 Å². The molecule has 11 heteroatoms. The van der Waals surface area contributed by atoms with Crippen LogP contribution in [0.3, 0.4) is 0 Å². The van der Waals surface area contributed by atoms with Crippen LogP contribution in [0.5, 0.6) is 0 Å². The summed E-state index contributed by atoms with van der Waals surface area (Å²) in [7, 11) is -9.21. The van der Waals surface area contributed by atoms with Crippen LogP contribution in [0.15, 0.2) is 24.3 Å². The maximum atomic E-state index is 10.8. The van der Waals surface area contributed by atoms with Gasteiger partial charge in [-0.25, -0.2) is 16.8 Å². The third-order valence-corrected chi connectivity index (χ3v) is 13.3. The van der Waals surface area contributed by atoms with Gasteiger partial charge in [0, 0.05) is 11.8 Å². The van der Waals surface area contributed by atoms with Gasteiger partial charge >= 0.3 is 37.7 Å². The van der Waals surface area contributed by atoms with Crippen LogP contribution in [-0.4, -0.2) is 76.9 Å². The molecule has 0 heterocycles. The van der Waals surface area contributed by atoms with Crippen molar-refractivity contribution in [2.45, 2.75) is 297 Å². The fraction of sp³-hybridized carbons (Fsp3) is 0.926. The van der Waals surface area contributed by atoms with Crippen molar-refractivity contribution in [3.8, 4) is 0 Å². The van der Waals surface area contributed by atoms with Gasteiger partial charge in [-0.05, 0) is 38.5 Å². The Hall–Kier alpha value is 0.480. The molecule has 0 aromatic rings. The van der Waals surface area contributed by atoms with Gasteiger partial charge in [0.25, 0.3) is 0 Å². The average Bonchev–Trinajstić information content (AvgIpc) is 3.26. The van der Waals surface area contributed by atoms with E-state index in [1.807, 2.05) is 0 Å². The van der Waals surface area contributed by atoms with Crippen LogP contribution in [-0.2, 0) is 29.2 Å². The van der Waals surface area contributed by atoms with E-state index < -0.39 is 20.8 Å². The number of hydrogen-bond donors (Lipinski definition) is 0. The van der Waals surface area contributed by atoms with E-state index in [-0.39, 0.29) is 62.8 Å². The summed E-state index contributed by atoms with van der Waals surface area (Å²) in [4.78, 5) is 0. The van der Waals surface area contributed by atoms with Gasteiger partial charge in [-0.3, -0.25) is 8.37 Å². The summed E-state index contributed by atoms with van der Waals surface area (Å²) in [6.45, 7) is 8.92. The smallest absolute Gasteiger partial charge is 0.726 e. The Labute approximate surface area is 436 Å². The Morgan fingerprint density at radius 2 is 0.538 bits per heavy atom. The van der Waals surface area contributed by atoms with Crippen molar-refractivity contribution in [3.05, 3.63) is 24.3 Å². The van der Waals surface area contributed by atoms with Gasteiger partial charge in [0.1, 0.15) is 0 Å². The molecule has 0 amide bonds. The first-order valence-corrected chi connectivity index (χ1v) is 30.2. The fourth-order valence-corrected chi connectivity index (χ4v) is 9.01. The maximum Gasteiger partial charge on any atom is 2.00 e. The molecule has 0 aliphatic carbocycles. The van der Waals surface area contributed by atoms with Crippen LogP contribution in [0.2, 0.25) is 0 Å². The van der Waals surface area contributed by atoms with Crippen LogP contribution >= 0.6 is 0 Å². The summed E-state index contributed by atoms with van der Waals surface area (Å²) in [5.74, 6) is 0.0405. The van der Waals surface area contributed by atoms with Crippen molar-refractivity contribution < 1.29 is 34.3 Å². The van der Waals surface area contributed by atoms with Gasteiger partial charge in [-0.2, -0.15) is 0 Å². The Balaban J connectivity index is -0.00000116. The first-order chi connectivity index (χ1) is 31.0. The van der Waals surface area contributed by atoms with Crippen molar-refractivity contribution in [1.82, 2.24) is 0 Å². The number of unbranched alkanes of at least 4 members (excludes halogenated alkanes) is 36. The zero-order chi connectivity index (χ0) is 47.5. The SMILES string of the molecule is CCCCCCCCCCCCCCC/C=C/C(CCCCCCCC)COS(=O)(=O)[O-].CCCCCCCCCCCCCCC/C=C/C(CCCCCCCC)COS(=O)(=O)[O-].[Ca+2]. The molecule has 65 heavy (non-hydrogen) atoms. The van der Waals surface area contributed by atoms with Crippen molar-refractivity contribution in [2.24, 2.45) is 11.8 Å². The Morgan fingerprint density at radius 1 is 0.338 bits per heavy atom. The predicted molar refractivity (Wildman–Crippen MR) is 279 cm³/mol. The van der Waals surface area contributed by atoms with Crippen LogP contribution in [0, 0.1) is 11.8 Å². The molecular formula is C54H106CaO8S2. The Morgan fingerprint density at radius 3 is 0.754 bits per heavy atom. The molecule has 0 aromatic heterocycles. The molecule has 8 nitrogen and oxygen atoms in total. The molecule has 0 bridgehead atoms. The van der Waals surface area contributed by atoms with E-state index in [9.17, 15) is 25.9 Å². The van der Waals surface area contributed by atoms with Crippen molar-refractivity contribution in [2.75, 3.05) is 13.2 Å². The van der Waals surface area contributed by atoms with Crippen LogP contribution in [0.25, 0.3) is 0 Å². The molecule has 0 saturated carbocycles. The van der Waals surface area contributed by atoms with Crippen LogP contribution < -0.4 is 0 Å². The molecule has 0 aliphatic heterocycles. The molecule has 0 spiro atoms. The normalized spacial score (nSPS) is 13.0. The second-order valence-corrected chi connectivity index (χ2v) is 21.0. The topological polar surface area (TPSA) is 133 Å². The van der Waals surface area contributed by atoms with Crippen molar-refractivity contribution >= 4 is 58.5 Å². The quantitative estimate of drug-likeness (QED) is 0.0193. The Kier molecular flexibility index (Phi) is 59.4. The number of hydrogen-bond acceptors (Lipinski definition) is 8. The minimum Gasteiger partial charge on any atom is -0.726 e. The average molecular weight is 988 g/mol. The monoisotopic (exact) mass is 987 g/mol. The van der Waals surface area contributed by atoms with E-state index in [1.54, 1.807) is 0 Å². The third-order valence-electron chi connectivity index (χ3n) is 12.5. The molecule has 0 fully saturated rings. The van der Waals surface area contributed by atoms with Gasteiger partial charge in [-0.15, -0.1) is 0 Å². The van der Waals surface area contributed by atoms with Gasteiger partial charge in [0.05, 0.1) is 13.2 Å². The fourth-order valence-electron chi connectivity index (χ4n) is 8.32. The molecule has 384 valence electrons. The van der Waals surface area contributed by atoms with E-state index in [0.717, 1.165) is 51.4 Å². The van der Waals surface area contributed by atoms with Gasteiger partial charge in [0.2, 0.25) is 20.8 Å². The minimum absolute atomic E-state index is 0. The maximum absolute atomic E-state index is 10.8. The number of rotatable bonds is 50. The zero-order valence-electron chi connectivity index (χ0n) is 43.4. The summed E-state index contributed by atoms with van der Waals surface area (Å²) < 4.78 is 73.8. The second-order valence-electron chi connectivity index (χ2n) is 18.9. The molecule has 0 rings (SSSR count). The molecule has 2 atom stereocenters. The number of allylic oxidation sites excluding steroid dienone is 2. The predicted octanol–water partition coefficient (Wildman–Crippen LogP) is 17.4. The minimum atomic E-state index is -4.61. The molecular weight excluding hydrogens is 881 g/mol.